The lowest BCUT2D eigenvalue weighted by molar-refractivity contribution is 0.660. The summed E-state index contributed by atoms with van der Waals surface area (Å²) in [7, 11) is 0. The summed E-state index contributed by atoms with van der Waals surface area (Å²) in [6, 6.07) is 56.0. The number of hydrogen-bond acceptors (Lipinski definition) is 0. The van der Waals surface area contributed by atoms with Crippen LogP contribution in [0.5, 0.6) is 0 Å². The van der Waals surface area contributed by atoms with Crippen molar-refractivity contribution in [3.8, 4) is 28.2 Å². The topological polar surface area (TPSA) is 14.8 Å². The van der Waals surface area contributed by atoms with Gasteiger partial charge in [0.1, 0.15) is 0 Å². The molecule has 0 fully saturated rings. The van der Waals surface area contributed by atoms with E-state index in [1.807, 2.05) is 0 Å². The summed E-state index contributed by atoms with van der Waals surface area (Å²) in [5.74, 6) is 0. The normalized spacial score (nSPS) is 13.8. The van der Waals surface area contributed by atoms with Gasteiger partial charge in [0, 0.05) is 44.0 Å². The zero-order valence-electron chi connectivity index (χ0n) is 26.8. The van der Waals surface area contributed by atoms with Crippen molar-refractivity contribution in [2.45, 2.75) is 19.3 Å². The molecule has 7 aromatic carbocycles. The van der Waals surface area contributed by atoms with Crippen LogP contribution < -0.4 is 0 Å². The lowest BCUT2D eigenvalue weighted by atomic mass is 9.82. The molecule has 0 aliphatic heterocycles. The van der Waals surface area contributed by atoms with Crippen LogP contribution in [0.3, 0.4) is 0 Å². The Labute approximate surface area is 277 Å². The minimum atomic E-state index is -0.0947. The molecular formula is C45H31N3. The Morgan fingerprint density at radius 3 is 1.31 bits per heavy atom. The summed E-state index contributed by atoms with van der Waals surface area (Å²) in [5.41, 5.74) is 16.2. The van der Waals surface area contributed by atoms with Gasteiger partial charge in [0.25, 0.3) is 0 Å². The highest BCUT2D eigenvalue weighted by Crippen LogP contribution is 2.51. The van der Waals surface area contributed by atoms with Crippen LogP contribution in [0.4, 0.5) is 0 Å². The molecule has 1 aliphatic carbocycles. The van der Waals surface area contributed by atoms with Gasteiger partial charge in [0.2, 0.25) is 0 Å². The fourth-order valence-electron chi connectivity index (χ4n) is 8.98. The Hall–Kier alpha value is -6.06. The third-order valence-electron chi connectivity index (χ3n) is 11.0. The Bertz CT molecular complexity index is 2750. The highest BCUT2D eigenvalue weighted by atomic mass is 15.0. The molecule has 10 aromatic rings. The van der Waals surface area contributed by atoms with Crippen LogP contribution >= 0.6 is 0 Å². The Balaban J connectivity index is 1.37. The number of para-hydroxylation sites is 2. The smallest absolute Gasteiger partial charge is 0.0562 e. The van der Waals surface area contributed by atoms with E-state index >= 15 is 0 Å². The SMILES string of the molecule is CC1(C)c2ccccc2-c2ccc(-n3c4cccc5c4c4c6c7c(cccc73)n(-c3ccccc3)c6ccc4n5-c3ccccc3)cc21. The van der Waals surface area contributed by atoms with E-state index in [2.05, 4.69) is 179 Å². The maximum atomic E-state index is 2.54. The molecule has 0 saturated heterocycles. The zero-order valence-corrected chi connectivity index (χ0v) is 26.8. The first-order valence-electron chi connectivity index (χ1n) is 16.8. The molecule has 0 bridgehead atoms. The molecule has 0 atom stereocenters. The van der Waals surface area contributed by atoms with E-state index in [4.69, 9.17) is 0 Å². The van der Waals surface area contributed by atoms with Crippen molar-refractivity contribution in [1.82, 2.24) is 13.7 Å². The van der Waals surface area contributed by atoms with Gasteiger partial charge in [-0.3, -0.25) is 0 Å². The third kappa shape index (κ3) is 3.14. The van der Waals surface area contributed by atoms with Gasteiger partial charge in [0.15, 0.2) is 0 Å². The third-order valence-corrected chi connectivity index (χ3v) is 11.0. The van der Waals surface area contributed by atoms with Crippen LogP contribution in [0.1, 0.15) is 25.0 Å². The predicted octanol–water partition coefficient (Wildman–Crippen LogP) is 11.6. The highest BCUT2D eigenvalue weighted by Gasteiger charge is 2.35. The fourth-order valence-corrected chi connectivity index (χ4v) is 8.98. The zero-order chi connectivity index (χ0) is 31.7. The lowest BCUT2D eigenvalue weighted by Crippen LogP contribution is -2.15. The molecule has 0 spiro atoms. The summed E-state index contributed by atoms with van der Waals surface area (Å²) in [5, 5.41) is 5.19. The van der Waals surface area contributed by atoms with Crippen molar-refractivity contribution >= 4 is 54.6 Å². The van der Waals surface area contributed by atoms with Crippen molar-refractivity contribution in [3.05, 3.63) is 163 Å². The van der Waals surface area contributed by atoms with Gasteiger partial charge in [-0.2, -0.15) is 0 Å². The monoisotopic (exact) mass is 613 g/mol. The number of aromatic nitrogens is 3. The van der Waals surface area contributed by atoms with E-state index in [9.17, 15) is 0 Å². The lowest BCUT2D eigenvalue weighted by Gasteiger charge is -2.22. The second-order valence-electron chi connectivity index (χ2n) is 13.8. The molecule has 11 rings (SSSR count). The van der Waals surface area contributed by atoms with Crippen LogP contribution in [0, 0.1) is 0 Å². The molecule has 0 radical (unpaired) electrons. The standard InChI is InChI=1S/C45H31N3/c1-45(2)33-18-10-9-17-31(33)32-24-23-30(27-34(32)45)48-37-21-11-19-35-41(37)43-39(46(35)28-13-5-3-6-14-28)25-26-40-44(43)42-36(20-12-22-38(42)48)47(40)29-15-7-4-8-16-29/h3-27H,1-2H3. The van der Waals surface area contributed by atoms with Crippen LogP contribution in [-0.4, -0.2) is 13.7 Å². The second kappa shape index (κ2) is 9.05. The van der Waals surface area contributed by atoms with Gasteiger partial charge in [-0.1, -0.05) is 92.7 Å². The minimum absolute atomic E-state index is 0.0947. The first-order valence-corrected chi connectivity index (χ1v) is 16.8. The Morgan fingerprint density at radius 2 is 0.771 bits per heavy atom. The molecule has 3 heterocycles. The van der Waals surface area contributed by atoms with Crippen molar-refractivity contribution in [3.63, 3.8) is 0 Å². The Morgan fingerprint density at radius 1 is 0.333 bits per heavy atom. The first kappa shape index (κ1) is 26.1. The van der Waals surface area contributed by atoms with Gasteiger partial charge in [-0.25, -0.2) is 0 Å². The van der Waals surface area contributed by atoms with Gasteiger partial charge < -0.3 is 13.7 Å². The molecule has 0 N–H and O–H groups in total. The quantitative estimate of drug-likeness (QED) is 0.188. The van der Waals surface area contributed by atoms with Gasteiger partial charge in [-0.15, -0.1) is 0 Å². The van der Waals surface area contributed by atoms with Gasteiger partial charge in [-0.05, 0) is 95.1 Å². The number of nitrogens with zero attached hydrogens (tertiary/aromatic N) is 3. The van der Waals surface area contributed by atoms with E-state index in [-0.39, 0.29) is 5.41 Å². The maximum Gasteiger partial charge on any atom is 0.0562 e. The fraction of sp³-hybridized carbons (Fsp3) is 0.0667. The number of benzene rings is 7. The van der Waals surface area contributed by atoms with E-state index in [0.717, 1.165) is 0 Å². The summed E-state index contributed by atoms with van der Waals surface area (Å²) in [6.07, 6.45) is 0. The van der Waals surface area contributed by atoms with E-state index in [1.54, 1.807) is 0 Å². The number of fused-ring (bicyclic) bond motifs is 3. The van der Waals surface area contributed by atoms with Crippen LogP contribution in [0.15, 0.2) is 152 Å². The number of hydrogen-bond donors (Lipinski definition) is 0. The van der Waals surface area contributed by atoms with E-state index in [1.165, 1.54) is 94.0 Å². The number of rotatable bonds is 3. The van der Waals surface area contributed by atoms with Crippen molar-refractivity contribution < 1.29 is 0 Å². The molecule has 3 nitrogen and oxygen atoms in total. The largest absolute Gasteiger partial charge is 0.309 e. The average molecular weight is 614 g/mol. The molecule has 226 valence electrons. The predicted molar refractivity (Wildman–Crippen MR) is 201 cm³/mol. The first-order chi connectivity index (χ1) is 23.6. The molecule has 3 heteroatoms. The molecular weight excluding hydrogens is 583 g/mol. The summed E-state index contributed by atoms with van der Waals surface area (Å²) in [6.45, 7) is 4.74. The summed E-state index contributed by atoms with van der Waals surface area (Å²) >= 11 is 0. The Kier molecular flexibility index (Phi) is 4.91. The molecule has 3 aromatic heterocycles. The summed E-state index contributed by atoms with van der Waals surface area (Å²) < 4.78 is 7.44. The van der Waals surface area contributed by atoms with E-state index < -0.39 is 0 Å². The second-order valence-corrected chi connectivity index (χ2v) is 13.8. The van der Waals surface area contributed by atoms with Crippen LogP contribution in [-0.2, 0) is 5.41 Å². The van der Waals surface area contributed by atoms with Crippen molar-refractivity contribution in [2.75, 3.05) is 0 Å². The molecule has 1 aliphatic rings. The average Bonchev–Trinajstić information content (AvgIpc) is 3.69. The minimum Gasteiger partial charge on any atom is -0.309 e. The van der Waals surface area contributed by atoms with E-state index in [0.29, 0.717) is 0 Å². The highest BCUT2D eigenvalue weighted by molar-refractivity contribution is 6.35. The van der Waals surface area contributed by atoms with Crippen molar-refractivity contribution in [1.29, 1.82) is 0 Å². The van der Waals surface area contributed by atoms with Crippen molar-refractivity contribution in [2.24, 2.45) is 0 Å². The molecule has 0 unspecified atom stereocenters. The van der Waals surface area contributed by atoms with Gasteiger partial charge >= 0.3 is 0 Å². The van der Waals surface area contributed by atoms with Crippen LogP contribution in [0.2, 0.25) is 0 Å². The maximum absolute atomic E-state index is 2.54. The van der Waals surface area contributed by atoms with Crippen LogP contribution in [0.25, 0.3) is 82.8 Å². The molecule has 0 saturated carbocycles. The summed E-state index contributed by atoms with van der Waals surface area (Å²) in [4.78, 5) is 0. The van der Waals surface area contributed by atoms with Gasteiger partial charge in [0.05, 0.1) is 33.1 Å². The molecule has 48 heavy (non-hydrogen) atoms. The molecule has 0 amide bonds.